The number of fused-ring (bicyclic) bond motifs is 1. The number of aromatic nitrogens is 1. The molecule has 0 bridgehead atoms. The van der Waals surface area contributed by atoms with Gasteiger partial charge < -0.3 is 18.9 Å². The Hall–Kier alpha value is -2.50. The van der Waals surface area contributed by atoms with Gasteiger partial charge in [0.05, 0.1) is 6.04 Å². The van der Waals surface area contributed by atoms with Crippen molar-refractivity contribution in [1.82, 2.24) is 10.1 Å². The minimum atomic E-state index is 0.0375. The number of aryl methyl sites for hydroxylation is 2. The van der Waals surface area contributed by atoms with Crippen molar-refractivity contribution in [3.8, 4) is 11.5 Å². The van der Waals surface area contributed by atoms with Gasteiger partial charge in [-0.3, -0.25) is 4.79 Å². The number of nitrogens with zero attached hydrogens (tertiary/aromatic N) is 2. The third-order valence-electron chi connectivity index (χ3n) is 4.88. The Bertz CT molecular complexity index is 771. The number of amides is 1. The molecule has 132 valence electrons. The summed E-state index contributed by atoms with van der Waals surface area (Å²) in [5.74, 6) is 2.49. The summed E-state index contributed by atoms with van der Waals surface area (Å²) in [5, 5.41) is 4.13. The molecule has 3 heterocycles. The fourth-order valence-electron chi connectivity index (χ4n) is 3.57. The molecule has 2 aliphatic rings. The maximum Gasteiger partial charge on any atom is 0.231 e. The number of carbonyl (C=O) groups is 1. The summed E-state index contributed by atoms with van der Waals surface area (Å²) in [6.45, 7) is 2.94. The largest absolute Gasteiger partial charge is 0.454 e. The zero-order chi connectivity index (χ0) is 17.2. The summed E-state index contributed by atoms with van der Waals surface area (Å²) < 4.78 is 15.9. The number of benzene rings is 1. The van der Waals surface area contributed by atoms with E-state index >= 15 is 0 Å². The van der Waals surface area contributed by atoms with E-state index in [0.29, 0.717) is 12.8 Å². The summed E-state index contributed by atoms with van der Waals surface area (Å²) in [4.78, 5) is 14.8. The quantitative estimate of drug-likeness (QED) is 0.852. The summed E-state index contributed by atoms with van der Waals surface area (Å²) in [5.41, 5.74) is 1.96. The summed E-state index contributed by atoms with van der Waals surface area (Å²) in [6.07, 6.45) is 4.27. The Morgan fingerprint density at radius 3 is 2.96 bits per heavy atom. The van der Waals surface area contributed by atoms with Crippen LogP contribution in [-0.2, 0) is 11.2 Å². The van der Waals surface area contributed by atoms with Crippen molar-refractivity contribution in [3.05, 3.63) is 41.3 Å². The van der Waals surface area contributed by atoms with Gasteiger partial charge in [-0.25, -0.2) is 0 Å². The standard InChI is InChI=1S/C19H22N2O4/c1-13-10-15(20-25-13)16-4-2-3-9-21(16)19(22)8-6-14-5-7-17-18(11-14)24-12-23-17/h5,7,10-11,16H,2-4,6,8-9,12H2,1H3/t16-/m0/s1. The molecule has 6 heteroatoms. The van der Waals surface area contributed by atoms with Crippen LogP contribution in [-0.4, -0.2) is 29.3 Å². The average molecular weight is 342 g/mol. The second kappa shape index (κ2) is 6.78. The number of rotatable bonds is 4. The van der Waals surface area contributed by atoms with Crippen LogP contribution >= 0.6 is 0 Å². The van der Waals surface area contributed by atoms with Gasteiger partial charge in [-0.1, -0.05) is 11.2 Å². The predicted molar refractivity (Wildman–Crippen MR) is 90.4 cm³/mol. The second-order valence-corrected chi connectivity index (χ2v) is 6.65. The maximum atomic E-state index is 12.8. The van der Waals surface area contributed by atoms with Crippen molar-refractivity contribution < 1.29 is 18.8 Å². The van der Waals surface area contributed by atoms with Crippen molar-refractivity contribution in [2.75, 3.05) is 13.3 Å². The van der Waals surface area contributed by atoms with E-state index < -0.39 is 0 Å². The van der Waals surface area contributed by atoms with Gasteiger partial charge in [-0.15, -0.1) is 0 Å². The number of hydrogen-bond donors (Lipinski definition) is 0. The molecule has 1 saturated heterocycles. The molecule has 25 heavy (non-hydrogen) atoms. The van der Waals surface area contributed by atoms with Crippen molar-refractivity contribution in [2.45, 2.75) is 45.1 Å². The monoisotopic (exact) mass is 342 g/mol. The Morgan fingerprint density at radius 1 is 1.24 bits per heavy atom. The van der Waals surface area contributed by atoms with Gasteiger partial charge in [0, 0.05) is 19.0 Å². The highest BCUT2D eigenvalue weighted by atomic mass is 16.7. The Kier molecular flexibility index (Phi) is 4.34. The lowest BCUT2D eigenvalue weighted by Gasteiger charge is -2.34. The van der Waals surface area contributed by atoms with Crippen LogP contribution in [0, 0.1) is 6.92 Å². The number of piperidine rings is 1. The van der Waals surface area contributed by atoms with Gasteiger partial charge in [-0.2, -0.15) is 0 Å². The van der Waals surface area contributed by atoms with Crippen molar-refractivity contribution in [1.29, 1.82) is 0 Å². The minimum Gasteiger partial charge on any atom is -0.454 e. The Labute approximate surface area is 146 Å². The normalized spacial score (nSPS) is 19.2. The lowest BCUT2D eigenvalue weighted by Crippen LogP contribution is -2.38. The van der Waals surface area contributed by atoms with E-state index in [2.05, 4.69) is 5.16 Å². The molecule has 0 radical (unpaired) electrons. The van der Waals surface area contributed by atoms with Crippen molar-refractivity contribution in [2.24, 2.45) is 0 Å². The molecule has 0 saturated carbocycles. The molecular weight excluding hydrogens is 320 g/mol. The first kappa shape index (κ1) is 16.0. The molecule has 6 nitrogen and oxygen atoms in total. The number of likely N-dealkylation sites (tertiary alicyclic amines) is 1. The van der Waals surface area contributed by atoms with Crippen LogP contribution in [0.25, 0.3) is 0 Å². The molecule has 0 aliphatic carbocycles. The molecule has 0 unspecified atom stereocenters. The van der Waals surface area contributed by atoms with E-state index in [0.717, 1.165) is 54.3 Å². The highest BCUT2D eigenvalue weighted by Gasteiger charge is 2.29. The highest BCUT2D eigenvalue weighted by molar-refractivity contribution is 5.77. The van der Waals surface area contributed by atoms with Crippen LogP contribution in [0.1, 0.15) is 48.7 Å². The average Bonchev–Trinajstić information content (AvgIpc) is 3.28. The van der Waals surface area contributed by atoms with Gasteiger partial charge in [-0.05, 0) is 50.3 Å². The third-order valence-corrected chi connectivity index (χ3v) is 4.88. The zero-order valence-electron chi connectivity index (χ0n) is 14.4. The molecule has 1 amide bonds. The molecule has 0 N–H and O–H groups in total. The molecule has 1 aromatic carbocycles. The lowest BCUT2D eigenvalue weighted by molar-refractivity contribution is -0.135. The van der Waals surface area contributed by atoms with Crippen LogP contribution < -0.4 is 9.47 Å². The van der Waals surface area contributed by atoms with E-state index in [-0.39, 0.29) is 18.7 Å². The summed E-state index contributed by atoms with van der Waals surface area (Å²) in [6, 6.07) is 7.84. The summed E-state index contributed by atoms with van der Waals surface area (Å²) in [7, 11) is 0. The SMILES string of the molecule is Cc1cc([C@@H]2CCCCN2C(=O)CCc2ccc3c(c2)OCO3)no1. The highest BCUT2D eigenvalue weighted by Crippen LogP contribution is 2.34. The third kappa shape index (κ3) is 3.34. The van der Waals surface area contributed by atoms with Crippen molar-refractivity contribution >= 4 is 5.91 Å². The van der Waals surface area contributed by atoms with E-state index in [9.17, 15) is 4.79 Å². The predicted octanol–water partition coefficient (Wildman–Crippen LogP) is 3.40. The van der Waals surface area contributed by atoms with Gasteiger partial charge in [0.1, 0.15) is 11.5 Å². The molecular formula is C19H22N2O4. The Balaban J connectivity index is 1.42. The van der Waals surface area contributed by atoms with Crippen LogP contribution in [0.2, 0.25) is 0 Å². The maximum absolute atomic E-state index is 12.8. The smallest absolute Gasteiger partial charge is 0.231 e. The first-order valence-corrected chi connectivity index (χ1v) is 8.82. The fraction of sp³-hybridized carbons (Fsp3) is 0.474. The van der Waals surface area contributed by atoms with Crippen LogP contribution in [0.4, 0.5) is 0 Å². The van der Waals surface area contributed by atoms with E-state index in [1.807, 2.05) is 36.1 Å². The van der Waals surface area contributed by atoms with E-state index in [1.165, 1.54) is 0 Å². The molecule has 1 fully saturated rings. The van der Waals surface area contributed by atoms with Crippen LogP contribution in [0.15, 0.2) is 28.8 Å². The topological polar surface area (TPSA) is 64.8 Å². The number of hydrogen-bond acceptors (Lipinski definition) is 5. The zero-order valence-corrected chi connectivity index (χ0v) is 14.4. The van der Waals surface area contributed by atoms with E-state index in [4.69, 9.17) is 14.0 Å². The number of carbonyl (C=O) groups excluding carboxylic acids is 1. The van der Waals surface area contributed by atoms with Crippen LogP contribution in [0.5, 0.6) is 11.5 Å². The molecule has 2 aromatic rings. The Morgan fingerprint density at radius 2 is 2.12 bits per heavy atom. The number of ether oxygens (including phenoxy) is 2. The molecule has 2 aliphatic heterocycles. The second-order valence-electron chi connectivity index (χ2n) is 6.65. The minimum absolute atomic E-state index is 0.0375. The van der Waals surface area contributed by atoms with Crippen LogP contribution in [0.3, 0.4) is 0 Å². The molecule has 1 aromatic heterocycles. The first-order chi connectivity index (χ1) is 12.2. The van der Waals surface area contributed by atoms with Gasteiger partial charge in [0.25, 0.3) is 0 Å². The van der Waals surface area contributed by atoms with E-state index in [1.54, 1.807) is 0 Å². The van der Waals surface area contributed by atoms with Crippen molar-refractivity contribution in [3.63, 3.8) is 0 Å². The van der Waals surface area contributed by atoms with Gasteiger partial charge in [0.15, 0.2) is 11.5 Å². The molecule has 4 rings (SSSR count). The molecule has 0 spiro atoms. The fourth-order valence-corrected chi connectivity index (χ4v) is 3.57. The lowest BCUT2D eigenvalue weighted by atomic mass is 9.98. The molecule has 1 atom stereocenters. The van der Waals surface area contributed by atoms with Gasteiger partial charge in [0.2, 0.25) is 12.7 Å². The van der Waals surface area contributed by atoms with Gasteiger partial charge >= 0.3 is 0 Å². The summed E-state index contributed by atoms with van der Waals surface area (Å²) >= 11 is 0. The first-order valence-electron chi connectivity index (χ1n) is 8.82.